The second-order valence-corrected chi connectivity index (χ2v) is 3.09. The van der Waals surface area contributed by atoms with Gasteiger partial charge in [-0.15, -0.1) is 0 Å². The summed E-state index contributed by atoms with van der Waals surface area (Å²) in [5.74, 6) is 2.32. The van der Waals surface area contributed by atoms with Crippen LogP contribution in [0.4, 0.5) is 0 Å². The summed E-state index contributed by atoms with van der Waals surface area (Å²) in [6, 6.07) is 1.91. The first-order valence-corrected chi connectivity index (χ1v) is 4.41. The summed E-state index contributed by atoms with van der Waals surface area (Å²) in [6.07, 6.45) is 0. The van der Waals surface area contributed by atoms with E-state index >= 15 is 0 Å². The second-order valence-electron chi connectivity index (χ2n) is 3.09. The van der Waals surface area contributed by atoms with E-state index in [9.17, 15) is 0 Å². The zero-order chi connectivity index (χ0) is 10.7. The first-order chi connectivity index (χ1) is 6.65. The summed E-state index contributed by atoms with van der Waals surface area (Å²) in [5.41, 5.74) is 2.01. The van der Waals surface area contributed by atoms with Crippen LogP contribution in [0.3, 0.4) is 0 Å². The van der Waals surface area contributed by atoms with Crippen molar-refractivity contribution in [3.63, 3.8) is 0 Å². The van der Waals surface area contributed by atoms with Crippen LogP contribution in [0.2, 0.25) is 0 Å². The normalized spacial score (nSPS) is 9.79. The maximum absolute atomic E-state index is 5.28. The average molecular weight is 196 g/mol. The Hall–Kier alpha value is -1.38. The molecule has 3 heteroatoms. The van der Waals surface area contributed by atoms with E-state index in [0.29, 0.717) is 0 Å². The lowest BCUT2D eigenvalue weighted by Crippen LogP contribution is -1.98. The molecule has 0 aliphatic heterocycles. The zero-order valence-corrected chi connectivity index (χ0v) is 9.30. The van der Waals surface area contributed by atoms with Gasteiger partial charge in [0, 0.05) is 5.56 Å². The number of methoxy groups -OCH3 is 3. The summed E-state index contributed by atoms with van der Waals surface area (Å²) in [5, 5.41) is 0. The van der Waals surface area contributed by atoms with Gasteiger partial charge >= 0.3 is 0 Å². The van der Waals surface area contributed by atoms with Crippen LogP contribution < -0.4 is 14.2 Å². The zero-order valence-electron chi connectivity index (χ0n) is 9.30. The fourth-order valence-corrected chi connectivity index (χ4v) is 1.63. The van der Waals surface area contributed by atoms with Crippen LogP contribution in [0.15, 0.2) is 6.07 Å². The Bertz CT molecular complexity index is 332. The lowest BCUT2D eigenvalue weighted by Gasteiger charge is -2.15. The molecule has 0 fully saturated rings. The minimum atomic E-state index is 0.731. The molecule has 0 unspecified atom stereocenters. The molecule has 1 aromatic carbocycles. The molecule has 1 aromatic rings. The smallest absolute Gasteiger partial charge is 0.167 e. The van der Waals surface area contributed by atoms with Crippen molar-refractivity contribution in [2.24, 2.45) is 0 Å². The van der Waals surface area contributed by atoms with Crippen LogP contribution in [-0.2, 0) is 0 Å². The van der Waals surface area contributed by atoms with Crippen molar-refractivity contribution in [1.29, 1.82) is 0 Å². The van der Waals surface area contributed by atoms with Crippen LogP contribution in [-0.4, -0.2) is 21.3 Å². The molecule has 0 aliphatic carbocycles. The molecule has 0 aromatic heterocycles. The van der Waals surface area contributed by atoms with E-state index in [2.05, 4.69) is 0 Å². The Labute approximate surface area is 84.6 Å². The van der Waals surface area contributed by atoms with Crippen LogP contribution in [0.5, 0.6) is 17.2 Å². The lowest BCUT2D eigenvalue weighted by molar-refractivity contribution is 0.344. The van der Waals surface area contributed by atoms with Crippen molar-refractivity contribution in [3.8, 4) is 17.2 Å². The largest absolute Gasteiger partial charge is 0.496 e. The maximum atomic E-state index is 5.28. The molecule has 0 bridgehead atoms. The number of aryl methyl sites for hydroxylation is 1. The Morgan fingerprint density at radius 3 is 1.86 bits per heavy atom. The maximum Gasteiger partial charge on any atom is 0.167 e. The van der Waals surface area contributed by atoms with Gasteiger partial charge in [0.25, 0.3) is 0 Å². The molecule has 0 heterocycles. The first kappa shape index (κ1) is 10.7. The molecule has 0 saturated carbocycles. The van der Waals surface area contributed by atoms with Crippen molar-refractivity contribution in [1.82, 2.24) is 0 Å². The number of hydrogen-bond acceptors (Lipinski definition) is 3. The SMILES string of the molecule is COc1cc(C)c(OC)c(C)c1OC. The van der Waals surface area contributed by atoms with E-state index in [1.54, 1.807) is 21.3 Å². The van der Waals surface area contributed by atoms with E-state index < -0.39 is 0 Å². The molecule has 0 spiro atoms. The topological polar surface area (TPSA) is 27.7 Å². The highest BCUT2D eigenvalue weighted by Crippen LogP contribution is 2.39. The molecule has 14 heavy (non-hydrogen) atoms. The molecular weight excluding hydrogens is 180 g/mol. The van der Waals surface area contributed by atoms with E-state index in [0.717, 1.165) is 28.4 Å². The van der Waals surface area contributed by atoms with E-state index in [1.807, 2.05) is 19.9 Å². The molecule has 0 saturated heterocycles. The molecule has 0 radical (unpaired) electrons. The third-order valence-corrected chi connectivity index (χ3v) is 2.24. The molecule has 78 valence electrons. The van der Waals surface area contributed by atoms with Gasteiger partial charge in [-0.05, 0) is 25.5 Å². The van der Waals surface area contributed by atoms with E-state index in [1.165, 1.54) is 0 Å². The van der Waals surface area contributed by atoms with Gasteiger partial charge in [-0.3, -0.25) is 0 Å². The fraction of sp³-hybridized carbons (Fsp3) is 0.455. The van der Waals surface area contributed by atoms with Gasteiger partial charge in [-0.1, -0.05) is 0 Å². The lowest BCUT2D eigenvalue weighted by atomic mass is 10.1. The average Bonchev–Trinajstić information content (AvgIpc) is 2.17. The summed E-state index contributed by atoms with van der Waals surface area (Å²) in [7, 11) is 4.91. The minimum absolute atomic E-state index is 0.731. The molecule has 1 rings (SSSR count). The van der Waals surface area contributed by atoms with Gasteiger partial charge in [0.05, 0.1) is 21.3 Å². The van der Waals surface area contributed by atoms with Crippen molar-refractivity contribution >= 4 is 0 Å². The first-order valence-electron chi connectivity index (χ1n) is 4.41. The predicted octanol–water partition coefficient (Wildman–Crippen LogP) is 2.33. The Balaban J connectivity index is 3.39. The molecular formula is C11H16O3. The number of ether oxygens (including phenoxy) is 3. The van der Waals surface area contributed by atoms with E-state index in [-0.39, 0.29) is 0 Å². The van der Waals surface area contributed by atoms with Crippen molar-refractivity contribution < 1.29 is 14.2 Å². The monoisotopic (exact) mass is 196 g/mol. The van der Waals surface area contributed by atoms with Crippen LogP contribution in [0, 0.1) is 13.8 Å². The van der Waals surface area contributed by atoms with Crippen LogP contribution >= 0.6 is 0 Å². The Morgan fingerprint density at radius 1 is 0.857 bits per heavy atom. The molecule has 0 aliphatic rings. The van der Waals surface area contributed by atoms with Gasteiger partial charge in [-0.2, -0.15) is 0 Å². The number of hydrogen-bond donors (Lipinski definition) is 0. The number of benzene rings is 1. The molecule has 0 N–H and O–H groups in total. The summed E-state index contributed by atoms with van der Waals surface area (Å²) < 4.78 is 15.8. The van der Waals surface area contributed by atoms with Crippen molar-refractivity contribution in [2.45, 2.75) is 13.8 Å². The Kier molecular flexibility index (Phi) is 3.23. The quantitative estimate of drug-likeness (QED) is 0.742. The molecule has 0 atom stereocenters. The second kappa shape index (κ2) is 4.22. The van der Waals surface area contributed by atoms with Crippen LogP contribution in [0.1, 0.15) is 11.1 Å². The summed E-state index contributed by atoms with van der Waals surface area (Å²) in [6.45, 7) is 3.93. The highest BCUT2D eigenvalue weighted by Gasteiger charge is 2.14. The van der Waals surface area contributed by atoms with Gasteiger partial charge in [0.1, 0.15) is 5.75 Å². The highest BCUT2D eigenvalue weighted by molar-refractivity contribution is 5.56. The summed E-state index contributed by atoms with van der Waals surface area (Å²) >= 11 is 0. The van der Waals surface area contributed by atoms with Gasteiger partial charge in [0.2, 0.25) is 0 Å². The Morgan fingerprint density at radius 2 is 1.43 bits per heavy atom. The standard InChI is InChI=1S/C11H16O3/c1-7-6-9(12-3)11(14-5)8(2)10(7)13-4/h6H,1-5H3. The predicted molar refractivity (Wildman–Crippen MR) is 55.6 cm³/mol. The van der Waals surface area contributed by atoms with Crippen LogP contribution in [0.25, 0.3) is 0 Å². The van der Waals surface area contributed by atoms with Crippen molar-refractivity contribution in [2.75, 3.05) is 21.3 Å². The third-order valence-electron chi connectivity index (χ3n) is 2.24. The molecule has 0 amide bonds. The highest BCUT2D eigenvalue weighted by atomic mass is 16.5. The fourth-order valence-electron chi connectivity index (χ4n) is 1.63. The van der Waals surface area contributed by atoms with E-state index in [4.69, 9.17) is 14.2 Å². The van der Waals surface area contributed by atoms with Gasteiger partial charge in [0.15, 0.2) is 11.5 Å². The van der Waals surface area contributed by atoms with Gasteiger partial charge < -0.3 is 14.2 Å². The minimum Gasteiger partial charge on any atom is -0.496 e. The summed E-state index contributed by atoms with van der Waals surface area (Å²) in [4.78, 5) is 0. The van der Waals surface area contributed by atoms with Crippen molar-refractivity contribution in [3.05, 3.63) is 17.2 Å². The third kappa shape index (κ3) is 1.62. The molecule has 3 nitrogen and oxygen atoms in total. The number of rotatable bonds is 3. The van der Waals surface area contributed by atoms with Gasteiger partial charge in [-0.25, -0.2) is 0 Å².